The number of para-hydroxylation sites is 2. The van der Waals surface area contributed by atoms with Crippen molar-refractivity contribution in [3.63, 3.8) is 0 Å². The first-order chi connectivity index (χ1) is 36.6. The molecule has 0 radical (unpaired) electrons. The van der Waals surface area contributed by atoms with Crippen LogP contribution in [0.1, 0.15) is 13.8 Å². The summed E-state index contributed by atoms with van der Waals surface area (Å²) in [7, 11) is -19.7. The molecule has 0 spiro atoms. The number of hydrogen-bond acceptors (Lipinski definition) is 22. The molecule has 2 atom stereocenters. The molecule has 0 aliphatic carbocycles. The van der Waals surface area contributed by atoms with E-state index in [4.69, 9.17) is 32.0 Å². The van der Waals surface area contributed by atoms with Crippen LogP contribution in [0.2, 0.25) is 10.0 Å². The van der Waals surface area contributed by atoms with Crippen molar-refractivity contribution in [2.75, 3.05) is 45.0 Å². The van der Waals surface area contributed by atoms with Crippen molar-refractivity contribution in [3.8, 4) is 0 Å². The van der Waals surface area contributed by atoms with Crippen LogP contribution in [0, 0.1) is 12.2 Å². The fraction of sp³-hybridized carbons (Fsp3) is 0.143. The molecule has 0 amide bonds. The van der Waals surface area contributed by atoms with Crippen LogP contribution in [0.4, 0.5) is 55.3 Å². The number of fused-ring (bicyclic) bond motifs is 4. The molecule has 5 aromatic carbocycles. The van der Waals surface area contributed by atoms with E-state index in [0.717, 1.165) is 12.1 Å². The van der Waals surface area contributed by atoms with Gasteiger partial charge in [0.2, 0.25) is 23.8 Å². The number of benzene rings is 5. The zero-order valence-electron chi connectivity index (χ0n) is 39.2. The molecule has 0 aliphatic rings. The van der Waals surface area contributed by atoms with Crippen molar-refractivity contribution in [3.05, 3.63) is 95.0 Å². The third-order valence-corrected chi connectivity index (χ3v) is 15.3. The van der Waals surface area contributed by atoms with Crippen LogP contribution >= 0.6 is 23.2 Å². The molecule has 9 aromatic rings. The maximum Gasteiger partial charge on any atom is 0.315 e. The summed E-state index contributed by atoms with van der Waals surface area (Å²) in [4.78, 5) is 25.4. The second-order valence-corrected chi connectivity index (χ2v) is 22.9. The lowest BCUT2D eigenvalue weighted by Gasteiger charge is -2.19. The van der Waals surface area contributed by atoms with E-state index < -0.39 is 107 Å². The number of aromatic nitrogens is 8. The van der Waals surface area contributed by atoms with Gasteiger partial charge in [0.25, 0.3) is 40.5 Å². The highest BCUT2D eigenvalue weighted by Gasteiger charge is 2.29. The molecule has 0 saturated heterocycles. The van der Waals surface area contributed by atoms with Gasteiger partial charge in [0, 0.05) is 25.2 Å². The summed E-state index contributed by atoms with van der Waals surface area (Å²) in [6, 6.07) is 14.0. The fourth-order valence-corrected chi connectivity index (χ4v) is 11.1. The molecule has 2 unspecified atom stereocenters. The molecule has 0 fully saturated rings. The van der Waals surface area contributed by atoms with E-state index in [0.29, 0.717) is 0 Å². The van der Waals surface area contributed by atoms with Crippen molar-refractivity contribution in [1.82, 2.24) is 39.9 Å². The van der Waals surface area contributed by atoms with Gasteiger partial charge >= 0.3 is 12.2 Å². The predicted octanol–water partition coefficient (Wildman–Crippen LogP) is 7.52. The van der Waals surface area contributed by atoms with Crippen LogP contribution in [-0.2, 0) is 40.5 Å². The first-order valence-corrected chi connectivity index (χ1v) is 28.4. The zero-order valence-corrected chi connectivity index (χ0v) is 44.0. The van der Waals surface area contributed by atoms with Gasteiger partial charge in [-0.05, 0) is 62.4 Å². The van der Waals surface area contributed by atoms with Gasteiger partial charge < -0.3 is 50.7 Å². The third kappa shape index (κ3) is 11.7. The van der Waals surface area contributed by atoms with Gasteiger partial charge in [-0.1, -0.05) is 47.5 Å². The van der Waals surface area contributed by atoms with E-state index >= 15 is 0 Å². The summed E-state index contributed by atoms with van der Waals surface area (Å²) in [6.07, 6.45) is -2.56. The van der Waals surface area contributed by atoms with Gasteiger partial charge in [-0.2, -0.15) is 72.4 Å². The fourth-order valence-electron chi connectivity index (χ4n) is 7.69. The van der Waals surface area contributed by atoms with Gasteiger partial charge in [-0.15, -0.1) is 0 Å². The number of nitrogens with one attached hydrogen (secondary N) is 8. The molecule has 4 aromatic heterocycles. The molecule has 9 rings (SSSR count). The molecule has 0 bridgehead atoms. The van der Waals surface area contributed by atoms with Crippen LogP contribution in [0.5, 0.6) is 0 Å². The average molecular weight is 1200 g/mol. The number of nitrogens with zero attached hydrogens (tertiary/aromatic N) is 6. The van der Waals surface area contributed by atoms with Gasteiger partial charge in [0.1, 0.15) is 30.9 Å². The normalized spacial score (nSPS) is 13.2. The van der Waals surface area contributed by atoms with Crippen molar-refractivity contribution < 1.29 is 69.5 Å². The third-order valence-electron chi connectivity index (χ3n) is 10.9. The Labute approximate surface area is 447 Å². The van der Waals surface area contributed by atoms with Gasteiger partial charge in [0.15, 0.2) is 32.1 Å². The molecule has 28 nitrogen and oxygen atoms in total. The largest absolute Gasteiger partial charge is 0.450 e. The quantitative estimate of drug-likeness (QED) is 0.0292. The zero-order chi connectivity index (χ0) is 56.2. The summed E-state index contributed by atoms with van der Waals surface area (Å²) in [5.74, 6) is -1.57. The molecular formula is C42H36Cl2F2N14O14S4. The van der Waals surface area contributed by atoms with Crippen LogP contribution in [-0.4, -0.2) is 117 Å². The van der Waals surface area contributed by atoms with Crippen LogP contribution < -0.4 is 31.9 Å². The summed E-state index contributed by atoms with van der Waals surface area (Å²) in [5, 5.41) is 15.7. The van der Waals surface area contributed by atoms with Crippen LogP contribution in [0.15, 0.2) is 101 Å². The highest BCUT2D eigenvalue weighted by Crippen LogP contribution is 2.43. The monoisotopic (exact) mass is 1200 g/mol. The highest BCUT2D eigenvalue weighted by atomic mass is 35.5. The highest BCUT2D eigenvalue weighted by molar-refractivity contribution is 7.87. The van der Waals surface area contributed by atoms with Crippen molar-refractivity contribution in [2.24, 2.45) is 0 Å². The number of rotatable bonds is 18. The first kappa shape index (κ1) is 55.0. The van der Waals surface area contributed by atoms with Crippen molar-refractivity contribution in [2.45, 2.75) is 45.5 Å². The standard InChI is InChI=1S/C42H36Cl2F2N14O14S4/c1-17(49-39-55-37(45)57-41(59-39)53-19-7-3-5-9-25(19)75(61,62)63)15-47-23-13-11-21-31(35(23)77(67,68)69)73-33-27(43)30-34(28(44)29(33)51-21)74-32-22(52-30)12-14-24(36(32)78(70,71)72)48-16-18(2)50-40-56-38(46)58-42(60-40)54-20-8-4-6-10-26(20)76(64,65)66/h3-14,17-18,47-48,51-52H,15-16H2,1-2H3,(H,61,62,63)(H,64,65,66)(H,67,68,69)(H,70,71,72)(H2,49,53,55,57,59)(H2,50,54,56,58,60). The Morgan fingerprint density at radius 1 is 0.500 bits per heavy atom. The summed E-state index contributed by atoms with van der Waals surface area (Å²) < 4.78 is 181. The Kier molecular flexibility index (Phi) is 14.7. The number of halogens is 4. The molecule has 4 heterocycles. The van der Waals surface area contributed by atoms with Crippen molar-refractivity contribution in [1.29, 1.82) is 0 Å². The average Bonchev–Trinajstić information content (AvgIpc) is 3.45. The number of H-pyrrole nitrogens is 2. The predicted molar refractivity (Wildman–Crippen MR) is 279 cm³/mol. The lowest BCUT2D eigenvalue weighted by molar-refractivity contribution is 0.479. The lowest BCUT2D eigenvalue weighted by Crippen LogP contribution is -2.27. The molecule has 78 heavy (non-hydrogen) atoms. The van der Waals surface area contributed by atoms with E-state index in [1.54, 1.807) is 13.8 Å². The Bertz CT molecular complexity index is 4150. The number of anilines is 8. The maximum atomic E-state index is 14.6. The molecule has 12 N–H and O–H groups in total. The van der Waals surface area contributed by atoms with E-state index in [9.17, 15) is 60.7 Å². The van der Waals surface area contributed by atoms with Crippen LogP contribution in [0.3, 0.4) is 0 Å². The summed E-state index contributed by atoms with van der Waals surface area (Å²) in [5.41, 5.74) is -2.63. The minimum absolute atomic E-state index is 0.0760. The number of hydrogen-bond donors (Lipinski definition) is 12. The molecule has 0 saturated carbocycles. The van der Waals surface area contributed by atoms with E-state index in [1.165, 1.54) is 60.7 Å². The lowest BCUT2D eigenvalue weighted by atomic mass is 10.2. The van der Waals surface area contributed by atoms with E-state index in [2.05, 4.69) is 71.8 Å². The maximum absolute atomic E-state index is 14.6. The van der Waals surface area contributed by atoms with Crippen LogP contribution in [0.25, 0.3) is 44.4 Å². The Morgan fingerprint density at radius 3 is 1.22 bits per heavy atom. The Morgan fingerprint density at radius 2 is 0.859 bits per heavy atom. The van der Waals surface area contributed by atoms with E-state index in [1.807, 2.05) is 0 Å². The SMILES string of the molecule is CC(CNc1ccc2[nH]c3c(Cl)c4oc5c(S(=O)(=O)O)c(NCC(C)Nc6nc(F)nc(Nc7ccccc7S(=O)(=O)O)n6)ccc5[nH]c4c(Cl)c3oc2c1S(=O)(=O)O)Nc1nc(F)nc(Nc2ccccc2S(=O)(=O)O)n1. The molecular weight excluding hydrogens is 1160 g/mol. The van der Waals surface area contributed by atoms with Gasteiger partial charge in [-0.3, -0.25) is 18.2 Å². The molecule has 410 valence electrons. The second-order valence-electron chi connectivity index (χ2n) is 16.6. The minimum atomic E-state index is -5.14. The van der Waals surface area contributed by atoms with Crippen molar-refractivity contribution >= 4 is 155 Å². The van der Waals surface area contributed by atoms with E-state index in [-0.39, 0.29) is 91.0 Å². The molecule has 0 aliphatic heterocycles. The summed E-state index contributed by atoms with van der Waals surface area (Å²) >= 11 is 13.8. The van der Waals surface area contributed by atoms with Gasteiger partial charge in [-0.25, -0.2) is 0 Å². The smallest absolute Gasteiger partial charge is 0.315 e. The Balaban J connectivity index is 0.981. The Hall–Kier alpha value is -7.80. The second kappa shape index (κ2) is 20.9. The minimum Gasteiger partial charge on any atom is -0.450 e. The topological polar surface area (TPSA) is 425 Å². The van der Waals surface area contributed by atoms with Gasteiger partial charge in [0.05, 0.1) is 33.8 Å². The molecule has 36 heteroatoms. The number of aromatic amines is 2. The summed E-state index contributed by atoms with van der Waals surface area (Å²) in [6.45, 7) is 2.81. The first-order valence-electron chi connectivity index (χ1n) is 21.9.